The molecule has 0 saturated carbocycles. The van der Waals surface area contributed by atoms with Crippen molar-refractivity contribution < 1.29 is 14.1 Å². The lowest BCUT2D eigenvalue weighted by atomic mass is 9.92. The van der Waals surface area contributed by atoms with Crippen LogP contribution in [0.5, 0.6) is 0 Å². The highest BCUT2D eigenvalue weighted by atomic mass is 16.5. The van der Waals surface area contributed by atoms with Gasteiger partial charge in [0.15, 0.2) is 5.82 Å². The first-order valence-corrected chi connectivity index (χ1v) is 7.85. The molecule has 1 atom stereocenters. The topological polar surface area (TPSA) is 68.5 Å². The number of nitrogens with zero attached hydrogens (tertiary/aromatic N) is 3. The van der Waals surface area contributed by atoms with Gasteiger partial charge >= 0.3 is 0 Å². The third-order valence-corrected chi connectivity index (χ3v) is 4.50. The Kier molecular flexibility index (Phi) is 4.53. The fourth-order valence-electron chi connectivity index (χ4n) is 3.19. The van der Waals surface area contributed by atoms with Crippen molar-refractivity contribution in [3.63, 3.8) is 0 Å². The summed E-state index contributed by atoms with van der Waals surface area (Å²) in [7, 11) is 0. The number of hydrogen-bond donors (Lipinski definition) is 0. The third-order valence-electron chi connectivity index (χ3n) is 4.50. The number of carbonyl (C=O) groups excluding carboxylic acids is 1. The molecule has 0 bridgehead atoms. The number of ether oxygens (including phenoxy) is 1. The van der Waals surface area contributed by atoms with Gasteiger partial charge in [-0.1, -0.05) is 5.16 Å². The van der Waals surface area contributed by atoms with Gasteiger partial charge in [-0.25, -0.2) is 0 Å². The van der Waals surface area contributed by atoms with Crippen LogP contribution in [-0.4, -0.2) is 47.3 Å². The maximum atomic E-state index is 12.3. The van der Waals surface area contributed by atoms with Crippen molar-refractivity contribution in [3.8, 4) is 0 Å². The molecule has 0 N–H and O–H groups in total. The molecule has 2 saturated heterocycles. The van der Waals surface area contributed by atoms with Crippen molar-refractivity contribution in [1.82, 2.24) is 15.0 Å². The first-order valence-electron chi connectivity index (χ1n) is 7.85. The van der Waals surface area contributed by atoms with Crippen LogP contribution in [0.15, 0.2) is 4.52 Å². The van der Waals surface area contributed by atoms with Gasteiger partial charge in [0.2, 0.25) is 11.8 Å². The molecular formula is C15H23N3O3. The maximum Gasteiger partial charge on any atom is 0.223 e. The van der Waals surface area contributed by atoms with Crippen molar-refractivity contribution in [2.24, 2.45) is 11.8 Å². The van der Waals surface area contributed by atoms with E-state index in [0.717, 1.165) is 57.8 Å². The molecule has 1 aromatic rings. The van der Waals surface area contributed by atoms with Gasteiger partial charge in [-0.2, -0.15) is 4.98 Å². The Morgan fingerprint density at radius 3 is 2.71 bits per heavy atom. The summed E-state index contributed by atoms with van der Waals surface area (Å²) in [5.74, 6) is 2.69. The number of aromatic nitrogens is 2. The number of hydrogen-bond acceptors (Lipinski definition) is 5. The Labute approximate surface area is 124 Å². The predicted octanol–water partition coefficient (Wildman–Crippen LogP) is 1.59. The lowest BCUT2D eigenvalue weighted by Crippen LogP contribution is -2.39. The molecule has 0 radical (unpaired) electrons. The van der Waals surface area contributed by atoms with E-state index in [1.807, 2.05) is 11.8 Å². The van der Waals surface area contributed by atoms with E-state index < -0.39 is 0 Å². The van der Waals surface area contributed by atoms with Crippen LogP contribution in [0.1, 0.15) is 37.4 Å². The van der Waals surface area contributed by atoms with E-state index in [1.165, 1.54) is 0 Å². The zero-order chi connectivity index (χ0) is 14.7. The Bertz CT molecular complexity index is 474. The van der Waals surface area contributed by atoms with E-state index in [-0.39, 0.29) is 0 Å². The van der Waals surface area contributed by atoms with Crippen LogP contribution in [0, 0.1) is 18.8 Å². The molecule has 1 aromatic heterocycles. The van der Waals surface area contributed by atoms with Gasteiger partial charge in [0.25, 0.3) is 0 Å². The number of likely N-dealkylation sites (tertiary alicyclic amines) is 1. The fraction of sp³-hybridized carbons (Fsp3) is 0.800. The van der Waals surface area contributed by atoms with E-state index >= 15 is 0 Å². The summed E-state index contributed by atoms with van der Waals surface area (Å²) in [4.78, 5) is 18.5. The molecule has 0 spiro atoms. The third kappa shape index (κ3) is 3.81. The lowest BCUT2D eigenvalue weighted by molar-refractivity contribution is -0.133. The minimum Gasteiger partial charge on any atom is -0.381 e. The second kappa shape index (κ2) is 6.56. The van der Waals surface area contributed by atoms with Gasteiger partial charge < -0.3 is 14.2 Å². The van der Waals surface area contributed by atoms with Crippen LogP contribution in [0.25, 0.3) is 0 Å². The van der Waals surface area contributed by atoms with E-state index in [0.29, 0.717) is 30.1 Å². The van der Waals surface area contributed by atoms with Crippen LogP contribution in [0.3, 0.4) is 0 Å². The standard InChI is InChI=1S/C15H23N3O3/c1-11-16-14(17-21-11)8-12-2-5-18(6-3-12)15(19)9-13-4-7-20-10-13/h12-13H,2-10H2,1H3/t13-/m0/s1. The number of carbonyl (C=O) groups is 1. The van der Waals surface area contributed by atoms with Crippen molar-refractivity contribution >= 4 is 5.91 Å². The first kappa shape index (κ1) is 14.5. The van der Waals surface area contributed by atoms with Crippen LogP contribution in [0.2, 0.25) is 0 Å². The molecule has 1 amide bonds. The summed E-state index contributed by atoms with van der Waals surface area (Å²) in [6, 6.07) is 0. The summed E-state index contributed by atoms with van der Waals surface area (Å²) < 4.78 is 10.3. The van der Waals surface area contributed by atoms with Crippen LogP contribution in [-0.2, 0) is 16.0 Å². The summed E-state index contributed by atoms with van der Waals surface area (Å²) in [6.45, 7) is 5.08. The molecule has 2 aliphatic rings. The Balaban J connectivity index is 1.42. The van der Waals surface area contributed by atoms with Gasteiger partial charge in [0, 0.05) is 46.1 Å². The zero-order valence-electron chi connectivity index (χ0n) is 12.6. The largest absolute Gasteiger partial charge is 0.381 e. The predicted molar refractivity (Wildman–Crippen MR) is 75.6 cm³/mol. The number of aryl methyl sites for hydroxylation is 1. The first-order chi connectivity index (χ1) is 10.2. The van der Waals surface area contributed by atoms with E-state index in [4.69, 9.17) is 9.26 Å². The van der Waals surface area contributed by atoms with Crippen molar-refractivity contribution in [3.05, 3.63) is 11.7 Å². The minimum atomic E-state index is 0.291. The highest BCUT2D eigenvalue weighted by Gasteiger charge is 2.27. The highest BCUT2D eigenvalue weighted by molar-refractivity contribution is 5.76. The monoisotopic (exact) mass is 293 g/mol. The molecule has 2 aliphatic heterocycles. The van der Waals surface area contributed by atoms with E-state index in [1.54, 1.807) is 0 Å². The van der Waals surface area contributed by atoms with Gasteiger partial charge in [-0.05, 0) is 31.1 Å². The molecule has 0 aromatic carbocycles. The van der Waals surface area contributed by atoms with Gasteiger partial charge in [0.05, 0.1) is 0 Å². The quantitative estimate of drug-likeness (QED) is 0.843. The maximum absolute atomic E-state index is 12.3. The summed E-state index contributed by atoms with van der Waals surface area (Å²) in [5, 5.41) is 3.95. The normalized spacial score (nSPS) is 23.7. The van der Waals surface area contributed by atoms with Gasteiger partial charge in [-0.15, -0.1) is 0 Å². The SMILES string of the molecule is Cc1nc(CC2CCN(C(=O)C[C@@H]3CCOC3)CC2)no1. The second-order valence-corrected chi connectivity index (χ2v) is 6.19. The Morgan fingerprint density at radius 2 is 2.10 bits per heavy atom. The molecule has 3 heterocycles. The second-order valence-electron chi connectivity index (χ2n) is 6.19. The highest BCUT2D eigenvalue weighted by Crippen LogP contribution is 2.23. The molecule has 3 rings (SSSR count). The van der Waals surface area contributed by atoms with E-state index in [9.17, 15) is 4.79 Å². The summed E-state index contributed by atoms with van der Waals surface area (Å²) in [6.07, 6.45) is 4.59. The average Bonchev–Trinajstić information content (AvgIpc) is 3.12. The van der Waals surface area contributed by atoms with Gasteiger partial charge in [-0.3, -0.25) is 4.79 Å². The molecule has 21 heavy (non-hydrogen) atoms. The Hall–Kier alpha value is -1.43. The molecule has 116 valence electrons. The molecule has 6 nitrogen and oxygen atoms in total. The number of amides is 1. The molecular weight excluding hydrogens is 270 g/mol. The van der Waals surface area contributed by atoms with Crippen LogP contribution in [0.4, 0.5) is 0 Å². The molecule has 0 unspecified atom stereocenters. The van der Waals surface area contributed by atoms with Crippen molar-refractivity contribution in [1.29, 1.82) is 0 Å². The van der Waals surface area contributed by atoms with Crippen molar-refractivity contribution in [2.45, 2.75) is 39.0 Å². The number of rotatable bonds is 4. The lowest BCUT2D eigenvalue weighted by Gasteiger charge is -2.32. The van der Waals surface area contributed by atoms with E-state index in [2.05, 4.69) is 10.1 Å². The zero-order valence-corrected chi connectivity index (χ0v) is 12.6. The molecule has 0 aliphatic carbocycles. The molecule has 6 heteroatoms. The smallest absolute Gasteiger partial charge is 0.223 e. The van der Waals surface area contributed by atoms with Crippen LogP contribution >= 0.6 is 0 Å². The minimum absolute atomic E-state index is 0.291. The number of piperidine rings is 1. The van der Waals surface area contributed by atoms with Gasteiger partial charge in [0.1, 0.15) is 0 Å². The van der Waals surface area contributed by atoms with Crippen molar-refractivity contribution in [2.75, 3.05) is 26.3 Å². The summed E-state index contributed by atoms with van der Waals surface area (Å²) in [5.41, 5.74) is 0. The molecule has 2 fully saturated rings. The fourth-order valence-corrected chi connectivity index (χ4v) is 3.19. The Morgan fingerprint density at radius 1 is 1.29 bits per heavy atom. The summed E-state index contributed by atoms with van der Waals surface area (Å²) >= 11 is 0. The average molecular weight is 293 g/mol. The van der Waals surface area contributed by atoms with Crippen LogP contribution < -0.4 is 0 Å².